The number of rotatable bonds is 8. The Morgan fingerprint density at radius 1 is 1.45 bits per heavy atom. The Balaban J connectivity index is 2.66. The zero-order valence-corrected chi connectivity index (χ0v) is 13.0. The summed E-state index contributed by atoms with van der Waals surface area (Å²) in [5.74, 6) is 0.399. The van der Waals surface area contributed by atoms with E-state index in [0.717, 1.165) is 18.7 Å². The molecule has 1 aromatic heterocycles. The van der Waals surface area contributed by atoms with E-state index in [4.69, 9.17) is 0 Å². The third kappa shape index (κ3) is 4.63. The number of aliphatic hydroxyl groups is 1. The highest BCUT2D eigenvalue weighted by molar-refractivity contribution is 5.95. The smallest absolute Gasteiger partial charge is 0.254 e. The molecule has 20 heavy (non-hydrogen) atoms. The first-order chi connectivity index (χ1) is 9.49. The largest absolute Gasteiger partial charge is 0.393 e. The summed E-state index contributed by atoms with van der Waals surface area (Å²) in [5, 5.41) is 16.6. The maximum Gasteiger partial charge on any atom is 0.254 e. The first kappa shape index (κ1) is 16.7. The minimum absolute atomic E-state index is 0.0971. The third-order valence-electron chi connectivity index (χ3n) is 3.30. The van der Waals surface area contributed by atoms with E-state index in [0.29, 0.717) is 30.9 Å². The van der Waals surface area contributed by atoms with E-state index in [1.807, 2.05) is 18.5 Å². The fraction of sp³-hybridized carbons (Fsp3) is 0.733. The van der Waals surface area contributed by atoms with Crippen LogP contribution in [0.5, 0.6) is 0 Å². The van der Waals surface area contributed by atoms with Crippen molar-refractivity contribution in [2.45, 2.75) is 59.6 Å². The molecule has 1 heterocycles. The average molecular weight is 281 g/mol. The first-order valence-electron chi connectivity index (χ1n) is 7.50. The second kappa shape index (κ2) is 8.04. The standard InChI is InChI=1S/C15H27N3O2/c1-5-12(19)7-8-16-15(20)13-9-17-18(10-11(3)4)14(13)6-2/h9,11-12,19H,5-8,10H2,1-4H3,(H,16,20). The molecule has 1 rings (SSSR count). The van der Waals surface area contributed by atoms with Gasteiger partial charge in [0, 0.05) is 13.1 Å². The number of aliphatic hydroxyl groups excluding tert-OH is 1. The summed E-state index contributed by atoms with van der Waals surface area (Å²) in [6, 6.07) is 0. The predicted molar refractivity (Wildman–Crippen MR) is 79.7 cm³/mol. The highest BCUT2D eigenvalue weighted by Gasteiger charge is 2.16. The number of hydrogen-bond donors (Lipinski definition) is 2. The van der Waals surface area contributed by atoms with E-state index in [2.05, 4.69) is 24.3 Å². The molecule has 1 aromatic rings. The van der Waals surface area contributed by atoms with Crippen molar-refractivity contribution < 1.29 is 9.90 Å². The lowest BCUT2D eigenvalue weighted by atomic mass is 10.1. The van der Waals surface area contributed by atoms with Crippen molar-refractivity contribution in [3.05, 3.63) is 17.5 Å². The lowest BCUT2D eigenvalue weighted by Crippen LogP contribution is -2.27. The van der Waals surface area contributed by atoms with Crippen molar-refractivity contribution in [1.82, 2.24) is 15.1 Å². The number of nitrogens with one attached hydrogen (secondary N) is 1. The molecule has 114 valence electrons. The molecule has 1 unspecified atom stereocenters. The number of carbonyl (C=O) groups excluding carboxylic acids is 1. The summed E-state index contributed by atoms with van der Waals surface area (Å²) >= 11 is 0. The zero-order chi connectivity index (χ0) is 15.1. The van der Waals surface area contributed by atoms with Gasteiger partial charge in [-0.2, -0.15) is 5.10 Å². The molecule has 0 fully saturated rings. The van der Waals surface area contributed by atoms with Gasteiger partial charge in [0.2, 0.25) is 0 Å². The molecule has 0 saturated heterocycles. The normalized spacial score (nSPS) is 12.7. The van der Waals surface area contributed by atoms with E-state index in [-0.39, 0.29) is 12.0 Å². The molecule has 1 amide bonds. The lowest BCUT2D eigenvalue weighted by molar-refractivity contribution is 0.0941. The molecule has 0 radical (unpaired) electrons. The van der Waals surface area contributed by atoms with Gasteiger partial charge in [-0.1, -0.05) is 27.7 Å². The SMILES string of the molecule is CCc1c(C(=O)NCCC(O)CC)cnn1CC(C)C. The van der Waals surface area contributed by atoms with Crippen LogP contribution in [0.25, 0.3) is 0 Å². The maximum atomic E-state index is 12.1. The van der Waals surface area contributed by atoms with Crippen molar-refractivity contribution >= 4 is 5.91 Å². The molecule has 0 aromatic carbocycles. The third-order valence-corrected chi connectivity index (χ3v) is 3.30. The van der Waals surface area contributed by atoms with E-state index in [9.17, 15) is 9.90 Å². The average Bonchev–Trinajstić information content (AvgIpc) is 2.80. The highest BCUT2D eigenvalue weighted by Crippen LogP contribution is 2.12. The summed E-state index contributed by atoms with van der Waals surface area (Å²) < 4.78 is 1.92. The van der Waals surface area contributed by atoms with Crippen LogP contribution in [0.1, 0.15) is 56.6 Å². The molecule has 0 aliphatic rings. The Hall–Kier alpha value is -1.36. The Morgan fingerprint density at radius 2 is 2.15 bits per heavy atom. The van der Waals surface area contributed by atoms with Crippen molar-refractivity contribution in [1.29, 1.82) is 0 Å². The topological polar surface area (TPSA) is 67.2 Å². The Morgan fingerprint density at radius 3 is 2.70 bits per heavy atom. The van der Waals surface area contributed by atoms with Crippen molar-refractivity contribution in [3.8, 4) is 0 Å². The summed E-state index contributed by atoms with van der Waals surface area (Å²) in [4.78, 5) is 12.1. The first-order valence-corrected chi connectivity index (χ1v) is 7.50. The quantitative estimate of drug-likeness (QED) is 0.766. The van der Waals surface area contributed by atoms with Crippen LogP contribution in [0.4, 0.5) is 0 Å². The molecule has 1 atom stereocenters. The molecule has 2 N–H and O–H groups in total. The van der Waals surface area contributed by atoms with Crippen LogP contribution in [0, 0.1) is 5.92 Å². The summed E-state index contributed by atoms with van der Waals surface area (Å²) in [6.07, 6.45) is 3.39. The van der Waals surface area contributed by atoms with Gasteiger partial charge in [0.05, 0.1) is 23.6 Å². The lowest BCUT2D eigenvalue weighted by Gasteiger charge is -2.11. The Labute approximate surface area is 121 Å². The van der Waals surface area contributed by atoms with Crippen molar-refractivity contribution in [2.24, 2.45) is 5.92 Å². The second-order valence-electron chi connectivity index (χ2n) is 5.54. The molecule has 0 spiro atoms. The number of hydrogen-bond acceptors (Lipinski definition) is 3. The van der Waals surface area contributed by atoms with Crippen LogP contribution in [0.2, 0.25) is 0 Å². The van der Waals surface area contributed by atoms with E-state index < -0.39 is 0 Å². The van der Waals surface area contributed by atoms with Gasteiger partial charge in [-0.25, -0.2) is 0 Å². The van der Waals surface area contributed by atoms with E-state index >= 15 is 0 Å². The molecule has 5 nitrogen and oxygen atoms in total. The van der Waals surface area contributed by atoms with Gasteiger partial charge < -0.3 is 10.4 Å². The second-order valence-corrected chi connectivity index (χ2v) is 5.54. The Kier molecular flexibility index (Phi) is 6.71. The van der Waals surface area contributed by atoms with Gasteiger partial charge in [0.1, 0.15) is 0 Å². The van der Waals surface area contributed by atoms with Gasteiger partial charge in [0.15, 0.2) is 0 Å². The maximum absolute atomic E-state index is 12.1. The Bertz CT molecular complexity index is 427. The van der Waals surface area contributed by atoms with E-state index in [1.165, 1.54) is 0 Å². The predicted octanol–water partition coefficient (Wildman–Crippen LogP) is 1.99. The van der Waals surface area contributed by atoms with Crippen LogP contribution in [0.15, 0.2) is 6.20 Å². The van der Waals surface area contributed by atoms with Crippen molar-refractivity contribution in [3.63, 3.8) is 0 Å². The molecule has 0 aliphatic carbocycles. The summed E-state index contributed by atoms with van der Waals surface area (Å²) in [5.41, 5.74) is 1.63. The summed E-state index contributed by atoms with van der Waals surface area (Å²) in [6.45, 7) is 9.54. The van der Waals surface area contributed by atoms with Crippen LogP contribution in [-0.4, -0.2) is 33.4 Å². The molecule has 0 aliphatic heterocycles. The van der Waals surface area contributed by atoms with Crippen LogP contribution < -0.4 is 5.32 Å². The zero-order valence-electron chi connectivity index (χ0n) is 13.0. The van der Waals surface area contributed by atoms with Crippen LogP contribution in [0.3, 0.4) is 0 Å². The van der Waals surface area contributed by atoms with Crippen molar-refractivity contribution in [2.75, 3.05) is 6.54 Å². The van der Waals surface area contributed by atoms with Crippen LogP contribution >= 0.6 is 0 Å². The summed E-state index contributed by atoms with van der Waals surface area (Å²) in [7, 11) is 0. The monoisotopic (exact) mass is 281 g/mol. The number of nitrogens with zero attached hydrogens (tertiary/aromatic N) is 2. The van der Waals surface area contributed by atoms with E-state index in [1.54, 1.807) is 6.20 Å². The fourth-order valence-corrected chi connectivity index (χ4v) is 2.13. The molecular formula is C15H27N3O2. The number of carbonyl (C=O) groups is 1. The fourth-order valence-electron chi connectivity index (χ4n) is 2.13. The molecule has 0 saturated carbocycles. The van der Waals surface area contributed by atoms with Crippen LogP contribution in [-0.2, 0) is 13.0 Å². The molecule has 0 bridgehead atoms. The number of amides is 1. The van der Waals surface area contributed by atoms with Gasteiger partial charge in [-0.05, 0) is 25.2 Å². The molecule has 5 heteroatoms. The highest BCUT2D eigenvalue weighted by atomic mass is 16.3. The van der Waals surface area contributed by atoms with Gasteiger partial charge >= 0.3 is 0 Å². The van der Waals surface area contributed by atoms with Gasteiger partial charge in [0.25, 0.3) is 5.91 Å². The van der Waals surface area contributed by atoms with Gasteiger partial charge in [-0.3, -0.25) is 9.48 Å². The minimum atomic E-state index is -0.343. The molecular weight excluding hydrogens is 254 g/mol. The minimum Gasteiger partial charge on any atom is -0.393 e. The number of aromatic nitrogens is 2. The van der Waals surface area contributed by atoms with Gasteiger partial charge in [-0.15, -0.1) is 0 Å².